The molecule has 1 amide bonds. The monoisotopic (exact) mass is 392 g/mol. The minimum atomic E-state index is -0.866. The third kappa shape index (κ3) is 5.42. The van der Waals surface area contributed by atoms with E-state index < -0.39 is 35.3 Å². The molecule has 3 N–H and O–H groups in total. The van der Waals surface area contributed by atoms with Crippen molar-refractivity contribution in [1.82, 2.24) is 5.32 Å². The number of hydrogen-bond donors (Lipinski definition) is 2. The van der Waals surface area contributed by atoms with Gasteiger partial charge in [0.2, 0.25) is 0 Å². The zero-order valence-electron chi connectivity index (χ0n) is 16.1. The topological polar surface area (TPSA) is 90.6 Å². The Morgan fingerprint density at radius 1 is 1.07 bits per heavy atom. The van der Waals surface area contributed by atoms with Crippen LogP contribution in [-0.2, 0) is 16.0 Å². The molecule has 150 valence electrons. The van der Waals surface area contributed by atoms with Crippen LogP contribution >= 0.6 is 0 Å². The lowest BCUT2D eigenvalue weighted by atomic mass is 10.1. The minimum Gasteiger partial charge on any atom is -0.469 e. The third-order valence-corrected chi connectivity index (χ3v) is 3.64. The van der Waals surface area contributed by atoms with Gasteiger partial charge in [-0.2, -0.15) is 0 Å². The SMILES string of the molecule is COC(=O)Cc1cc(F)c(Oc2ccc(C(=O)NC(C)(C)C)cc2N)cc1F. The summed E-state index contributed by atoms with van der Waals surface area (Å²) < 4.78 is 38.2. The van der Waals surface area contributed by atoms with Gasteiger partial charge in [-0.05, 0) is 45.0 Å². The van der Waals surface area contributed by atoms with Gasteiger partial charge < -0.3 is 20.5 Å². The normalized spacial score (nSPS) is 11.1. The molecule has 2 aromatic rings. The van der Waals surface area contributed by atoms with Crippen LogP contribution in [0.2, 0.25) is 0 Å². The van der Waals surface area contributed by atoms with E-state index in [4.69, 9.17) is 10.5 Å². The number of esters is 1. The van der Waals surface area contributed by atoms with Crippen molar-refractivity contribution in [1.29, 1.82) is 0 Å². The predicted molar refractivity (Wildman–Crippen MR) is 100 cm³/mol. The summed E-state index contributed by atoms with van der Waals surface area (Å²) in [6.07, 6.45) is -0.404. The summed E-state index contributed by atoms with van der Waals surface area (Å²) in [5.41, 5.74) is 5.70. The van der Waals surface area contributed by atoms with E-state index in [0.717, 1.165) is 19.2 Å². The van der Waals surface area contributed by atoms with Crippen molar-refractivity contribution >= 4 is 17.6 Å². The Labute approximate surface area is 161 Å². The van der Waals surface area contributed by atoms with Crippen LogP contribution in [0.5, 0.6) is 11.5 Å². The molecule has 0 heterocycles. The Hall–Kier alpha value is -3.16. The maximum atomic E-state index is 14.2. The molecular weight excluding hydrogens is 370 g/mol. The maximum absolute atomic E-state index is 14.2. The number of rotatable bonds is 5. The molecule has 2 rings (SSSR count). The van der Waals surface area contributed by atoms with Gasteiger partial charge in [-0.15, -0.1) is 0 Å². The highest BCUT2D eigenvalue weighted by Gasteiger charge is 2.18. The van der Waals surface area contributed by atoms with Gasteiger partial charge in [0.1, 0.15) is 5.82 Å². The number of amides is 1. The number of methoxy groups -OCH3 is 1. The van der Waals surface area contributed by atoms with Gasteiger partial charge >= 0.3 is 5.97 Å². The molecule has 6 nitrogen and oxygen atoms in total. The molecule has 0 aliphatic heterocycles. The van der Waals surface area contributed by atoms with Crippen LogP contribution in [0.15, 0.2) is 30.3 Å². The molecule has 0 aliphatic rings. The zero-order chi connectivity index (χ0) is 21.1. The number of hydrogen-bond acceptors (Lipinski definition) is 5. The largest absolute Gasteiger partial charge is 0.469 e. The second-order valence-corrected chi connectivity index (χ2v) is 7.19. The van der Waals surface area contributed by atoms with Crippen LogP contribution in [0.4, 0.5) is 14.5 Å². The van der Waals surface area contributed by atoms with Gasteiger partial charge in [0.25, 0.3) is 5.91 Å². The number of nitrogens with one attached hydrogen (secondary N) is 1. The van der Waals surface area contributed by atoms with Crippen molar-refractivity contribution in [3.8, 4) is 11.5 Å². The van der Waals surface area contributed by atoms with E-state index in [1.54, 1.807) is 0 Å². The van der Waals surface area contributed by atoms with Crippen molar-refractivity contribution in [3.05, 3.63) is 53.1 Å². The number of ether oxygens (including phenoxy) is 2. The Morgan fingerprint density at radius 3 is 2.32 bits per heavy atom. The average Bonchev–Trinajstić information content (AvgIpc) is 2.59. The van der Waals surface area contributed by atoms with Crippen LogP contribution in [0, 0.1) is 11.6 Å². The second kappa shape index (κ2) is 8.24. The van der Waals surface area contributed by atoms with Crippen molar-refractivity contribution in [2.24, 2.45) is 0 Å². The summed E-state index contributed by atoms with van der Waals surface area (Å²) in [6, 6.07) is 5.94. The van der Waals surface area contributed by atoms with E-state index >= 15 is 0 Å². The molecule has 8 heteroatoms. The molecule has 0 saturated carbocycles. The summed E-state index contributed by atoms with van der Waals surface area (Å²) >= 11 is 0. The lowest BCUT2D eigenvalue weighted by Gasteiger charge is -2.20. The second-order valence-electron chi connectivity index (χ2n) is 7.19. The van der Waals surface area contributed by atoms with E-state index in [1.165, 1.54) is 18.2 Å². The predicted octanol–water partition coefficient (Wildman–Crippen LogP) is 3.58. The molecule has 28 heavy (non-hydrogen) atoms. The molecule has 0 aliphatic carbocycles. The molecule has 0 saturated heterocycles. The van der Waals surface area contributed by atoms with Gasteiger partial charge in [0.05, 0.1) is 19.2 Å². The fourth-order valence-corrected chi connectivity index (χ4v) is 2.33. The number of halogens is 2. The molecule has 0 spiro atoms. The Morgan fingerprint density at radius 2 is 1.75 bits per heavy atom. The minimum absolute atomic E-state index is 0.0614. The molecule has 2 aromatic carbocycles. The standard InChI is InChI=1S/C20H22F2N2O4/c1-20(2,3)24-19(26)11-5-6-16(15(23)8-11)28-17-10-13(21)12(7-14(17)22)9-18(25)27-4/h5-8,10H,9,23H2,1-4H3,(H,24,26). The molecule has 0 aromatic heterocycles. The van der Waals surface area contributed by atoms with E-state index in [-0.39, 0.29) is 22.9 Å². The fraction of sp³-hybridized carbons (Fsp3) is 0.300. The molecule has 0 unspecified atom stereocenters. The quantitative estimate of drug-likeness (QED) is 0.600. The number of carbonyl (C=O) groups is 2. The summed E-state index contributed by atoms with van der Waals surface area (Å²) in [4.78, 5) is 23.4. The fourth-order valence-electron chi connectivity index (χ4n) is 2.33. The van der Waals surface area contributed by atoms with Crippen LogP contribution in [0.1, 0.15) is 36.7 Å². The summed E-state index contributed by atoms with van der Waals surface area (Å²) in [7, 11) is 1.16. The Bertz CT molecular complexity index is 908. The first-order chi connectivity index (χ1) is 13.0. The lowest BCUT2D eigenvalue weighted by Crippen LogP contribution is -2.40. The summed E-state index contributed by atoms with van der Waals surface area (Å²) in [6.45, 7) is 5.52. The molecule has 0 bridgehead atoms. The highest BCUT2D eigenvalue weighted by molar-refractivity contribution is 5.95. The number of nitrogens with two attached hydrogens (primary N) is 1. The van der Waals surface area contributed by atoms with Gasteiger partial charge in [0, 0.05) is 22.7 Å². The van der Waals surface area contributed by atoms with E-state index in [1.807, 2.05) is 20.8 Å². The number of nitrogen functional groups attached to an aromatic ring is 1. The summed E-state index contributed by atoms with van der Waals surface area (Å²) in [5.74, 6) is -3.04. The van der Waals surface area contributed by atoms with Crippen LogP contribution in [0.25, 0.3) is 0 Å². The van der Waals surface area contributed by atoms with Crippen molar-refractivity contribution < 1.29 is 27.8 Å². The number of benzene rings is 2. The van der Waals surface area contributed by atoms with Crippen molar-refractivity contribution in [2.75, 3.05) is 12.8 Å². The van der Waals surface area contributed by atoms with E-state index in [0.29, 0.717) is 5.56 Å². The highest BCUT2D eigenvalue weighted by atomic mass is 19.1. The van der Waals surface area contributed by atoms with Gasteiger partial charge in [-0.1, -0.05) is 0 Å². The van der Waals surface area contributed by atoms with Crippen LogP contribution in [0.3, 0.4) is 0 Å². The van der Waals surface area contributed by atoms with Crippen LogP contribution < -0.4 is 15.8 Å². The number of carbonyl (C=O) groups excluding carboxylic acids is 2. The maximum Gasteiger partial charge on any atom is 0.310 e. The lowest BCUT2D eigenvalue weighted by molar-refractivity contribution is -0.139. The summed E-state index contributed by atoms with van der Waals surface area (Å²) in [5, 5.41) is 2.79. The zero-order valence-corrected chi connectivity index (χ0v) is 16.1. The third-order valence-electron chi connectivity index (χ3n) is 3.64. The van der Waals surface area contributed by atoms with Crippen molar-refractivity contribution in [2.45, 2.75) is 32.7 Å². The Balaban J connectivity index is 2.23. The highest BCUT2D eigenvalue weighted by Crippen LogP contribution is 2.31. The average molecular weight is 392 g/mol. The molecular formula is C20H22F2N2O4. The van der Waals surface area contributed by atoms with Crippen molar-refractivity contribution in [3.63, 3.8) is 0 Å². The van der Waals surface area contributed by atoms with Gasteiger partial charge in [-0.25, -0.2) is 8.78 Å². The molecule has 0 radical (unpaired) electrons. The first-order valence-electron chi connectivity index (χ1n) is 8.45. The smallest absolute Gasteiger partial charge is 0.310 e. The molecule has 0 fully saturated rings. The Kier molecular flexibility index (Phi) is 6.23. The van der Waals surface area contributed by atoms with Gasteiger partial charge in [0.15, 0.2) is 17.3 Å². The van der Waals surface area contributed by atoms with E-state index in [2.05, 4.69) is 10.1 Å². The number of anilines is 1. The van der Waals surface area contributed by atoms with Crippen LogP contribution in [-0.4, -0.2) is 24.5 Å². The molecule has 0 atom stereocenters. The van der Waals surface area contributed by atoms with Gasteiger partial charge in [-0.3, -0.25) is 9.59 Å². The first-order valence-corrected chi connectivity index (χ1v) is 8.45. The van der Waals surface area contributed by atoms with E-state index in [9.17, 15) is 18.4 Å². The first kappa shape index (κ1) is 21.1.